The summed E-state index contributed by atoms with van der Waals surface area (Å²) in [7, 11) is 1.75. The lowest BCUT2D eigenvalue weighted by Crippen LogP contribution is -2.61. The summed E-state index contributed by atoms with van der Waals surface area (Å²) in [6.07, 6.45) is 7.82. The Morgan fingerprint density at radius 1 is 1.50 bits per heavy atom. The summed E-state index contributed by atoms with van der Waals surface area (Å²) in [6, 6.07) is 0.0918. The highest BCUT2D eigenvalue weighted by atomic mass is 16.5. The number of rotatable bonds is 6. The Labute approximate surface area is 147 Å². The number of fused-ring (bicyclic) bond motifs is 1. The Kier molecular flexibility index (Phi) is 6.66. The molecule has 0 bridgehead atoms. The highest BCUT2D eigenvalue weighted by Gasteiger charge is 2.49. The van der Waals surface area contributed by atoms with Crippen molar-refractivity contribution in [2.24, 2.45) is 5.92 Å². The lowest BCUT2D eigenvalue weighted by Gasteiger charge is -2.46. The molecule has 2 saturated heterocycles. The van der Waals surface area contributed by atoms with Crippen LogP contribution < -0.4 is 0 Å². The molecule has 2 N–H and O–H groups in total. The Bertz CT molecular complexity index is 479. The molecule has 4 heteroatoms. The number of methoxy groups -OCH3 is 1. The van der Waals surface area contributed by atoms with Crippen LogP contribution in [-0.4, -0.2) is 59.2 Å². The van der Waals surface area contributed by atoms with Gasteiger partial charge in [-0.3, -0.25) is 4.90 Å². The van der Waals surface area contributed by atoms with Crippen LogP contribution in [-0.2, 0) is 4.74 Å². The van der Waals surface area contributed by atoms with Gasteiger partial charge in [-0.25, -0.2) is 0 Å². The second kappa shape index (κ2) is 8.13. The number of piperidine rings is 1. The highest BCUT2D eigenvalue weighted by molar-refractivity contribution is 5.24. The zero-order valence-corrected chi connectivity index (χ0v) is 16.0. The molecule has 0 aromatic heterocycles. The van der Waals surface area contributed by atoms with Gasteiger partial charge in [0.1, 0.15) is 11.7 Å². The Hall–Kier alpha value is -0.680. The molecule has 0 amide bonds. The van der Waals surface area contributed by atoms with Crippen LogP contribution in [0.4, 0.5) is 0 Å². The number of hydrogen-bond donors (Lipinski definition) is 2. The fourth-order valence-corrected chi connectivity index (χ4v) is 4.31. The fraction of sp³-hybridized carbons (Fsp3) is 0.800. The molecule has 2 aliphatic rings. The molecule has 0 aliphatic carbocycles. The van der Waals surface area contributed by atoms with Crippen LogP contribution in [0.2, 0.25) is 0 Å². The van der Waals surface area contributed by atoms with E-state index in [9.17, 15) is 10.2 Å². The van der Waals surface area contributed by atoms with Crippen LogP contribution >= 0.6 is 0 Å². The third kappa shape index (κ3) is 4.10. The van der Waals surface area contributed by atoms with E-state index < -0.39 is 11.7 Å². The van der Waals surface area contributed by atoms with Gasteiger partial charge < -0.3 is 14.9 Å². The first-order chi connectivity index (χ1) is 11.3. The zero-order chi connectivity index (χ0) is 17.9. The van der Waals surface area contributed by atoms with Gasteiger partial charge in [0, 0.05) is 19.7 Å². The van der Waals surface area contributed by atoms with E-state index in [1.165, 1.54) is 5.57 Å². The van der Waals surface area contributed by atoms with Crippen molar-refractivity contribution in [3.63, 3.8) is 0 Å². The summed E-state index contributed by atoms with van der Waals surface area (Å²) in [5.74, 6) is 0.328. The van der Waals surface area contributed by atoms with Crippen molar-refractivity contribution < 1.29 is 14.9 Å². The molecule has 0 aromatic rings. The molecule has 138 valence electrons. The van der Waals surface area contributed by atoms with Crippen molar-refractivity contribution in [3.05, 3.63) is 23.3 Å². The Morgan fingerprint density at radius 3 is 2.83 bits per heavy atom. The molecule has 4 nitrogen and oxygen atoms in total. The van der Waals surface area contributed by atoms with Crippen LogP contribution in [0.5, 0.6) is 0 Å². The third-order valence-corrected chi connectivity index (χ3v) is 5.80. The second-order valence-electron chi connectivity index (χ2n) is 7.79. The van der Waals surface area contributed by atoms with E-state index in [1.54, 1.807) is 14.0 Å². The van der Waals surface area contributed by atoms with Gasteiger partial charge in [0.2, 0.25) is 0 Å². The van der Waals surface area contributed by atoms with Gasteiger partial charge in [0.15, 0.2) is 0 Å². The summed E-state index contributed by atoms with van der Waals surface area (Å²) in [6.45, 7) is 10.0. The van der Waals surface area contributed by atoms with E-state index >= 15 is 0 Å². The second-order valence-corrected chi connectivity index (χ2v) is 7.79. The van der Waals surface area contributed by atoms with E-state index in [0.717, 1.165) is 44.3 Å². The number of allylic oxidation sites excluding steroid dienone is 2. The molecule has 0 unspecified atom stereocenters. The third-order valence-electron chi connectivity index (χ3n) is 5.80. The van der Waals surface area contributed by atoms with Crippen molar-refractivity contribution >= 4 is 0 Å². The van der Waals surface area contributed by atoms with Crippen molar-refractivity contribution in [1.82, 2.24) is 4.90 Å². The maximum atomic E-state index is 10.8. The molecule has 0 aromatic carbocycles. The van der Waals surface area contributed by atoms with E-state index in [1.807, 2.05) is 0 Å². The summed E-state index contributed by atoms with van der Waals surface area (Å²) in [5, 5.41) is 21.4. The average molecular weight is 338 g/mol. The normalized spacial score (nSPS) is 36.0. The molecular formula is C20H35NO3. The van der Waals surface area contributed by atoms with Crippen molar-refractivity contribution in [2.75, 3.05) is 20.2 Å². The van der Waals surface area contributed by atoms with E-state index in [2.05, 4.69) is 37.8 Å². The highest BCUT2D eigenvalue weighted by Crippen LogP contribution is 2.37. The summed E-state index contributed by atoms with van der Waals surface area (Å²) in [4.78, 5) is 2.32. The number of hydrogen-bond acceptors (Lipinski definition) is 4. The molecule has 2 aliphatic heterocycles. The minimum atomic E-state index is -1.05. The quantitative estimate of drug-likeness (QED) is 0.732. The molecule has 2 rings (SSSR count). The molecular weight excluding hydrogens is 302 g/mol. The standard InChI is InChI=1S/C20H35NO3/c1-6-17(24-5)15(3)10-9-14(2)12-16-13-21-11-7-8-18(21)20(4,23)19(16)22/h10,12,14,17-19,22-23H,6-9,11,13H2,1-5H3/b15-10+,16-12+/t14-,17-,18+,19-,20-/m1/s1. The largest absolute Gasteiger partial charge is 0.386 e. The molecule has 2 fully saturated rings. The fourth-order valence-electron chi connectivity index (χ4n) is 4.31. The Balaban J connectivity index is 2.05. The van der Waals surface area contributed by atoms with E-state index in [0.29, 0.717) is 5.92 Å². The molecule has 24 heavy (non-hydrogen) atoms. The number of aliphatic hydroxyl groups is 2. The van der Waals surface area contributed by atoms with Crippen LogP contribution in [0.15, 0.2) is 23.3 Å². The van der Waals surface area contributed by atoms with E-state index in [-0.39, 0.29) is 12.1 Å². The lowest BCUT2D eigenvalue weighted by atomic mass is 9.80. The lowest BCUT2D eigenvalue weighted by molar-refractivity contribution is -0.110. The maximum Gasteiger partial charge on any atom is 0.107 e. The van der Waals surface area contributed by atoms with Crippen molar-refractivity contribution in [3.8, 4) is 0 Å². The van der Waals surface area contributed by atoms with Gasteiger partial charge >= 0.3 is 0 Å². The summed E-state index contributed by atoms with van der Waals surface area (Å²) >= 11 is 0. The SMILES string of the molecule is CC[C@@H](OC)/C(C)=C/C[C@@H](C)/C=C1\CN2CCC[C@H]2[C@@](C)(O)[C@@H]1O. The molecule has 0 spiro atoms. The summed E-state index contributed by atoms with van der Waals surface area (Å²) in [5.41, 5.74) is 1.19. The van der Waals surface area contributed by atoms with Crippen LogP contribution in [0, 0.1) is 5.92 Å². The molecule has 5 atom stereocenters. The molecule has 0 saturated carbocycles. The van der Waals surface area contributed by atoms with Crippen LogP contribution in [0.1, 0.15) is 53.4 Å². The zero-order valence-electron chi connectivity index (χ0n) is 16.0. The minimum absolute atomic E-state index is 0.0918. The van der Waals surface area contributed by atoms with Crippen LogP contribution in [0.25, 0.3) is 0 Å². The van der Waals surface area contributed by atoms with Gasteiger partial charge in [-0.15, -0.1) is 0 Å². The van der Waals surface area contributed by atoms with E-state index in [4.69, 9.17) is 4.74 Å². The summed E-state index contributed by atoms with van der Waals surface area (Å²) < 4.78 is 5.47. The van der Waals surface area contributed by atoms with Gasteiger partial charge in [0.25, 0.3) is 0 Å². The van der Waals surface area contributed by atoms with Crippen molar-refractivity contribution in [1.29, 1.82) is 0 Å². The number of nitrogens with zero attached hydrogens (tertiary/aromatic N) is 1. The maximum absolute atomic E-state index is 10.8. The topological polar surface area (TPSA) is 52.9 Å². The molecule has 2 heterocycles. The predicted octanol–water partition coefficient (Wildman–Crippen LogP) is 2.90. The first-order valence-electron chi connectivity index (χ1n) is 9.35. The first kappa shape index (κ1) is 19.6. The van der Waals surface area contributed by atoms with Gasteiger partial charge in [-0.05, 0) is 63.1 Å². The van der Waals surface area contributed by atoms with Crippen molar-refractivity contribution in [2.45, 2.75) is 77.2 Å². The molecule has 0 radical (unpaired) electrons. The number of ether oxygens (including phenoxy) is 1. The number of aliphatic hydroxyl groups excluding tert-OH is 1. The average Bonchev–Trinajstić information content (AvgIpc) is 3.01. The smallest absolute Gasteiger partial charge is 0.107 e. The van der Waals surface area contributed by atoms with Gasteiger partial charge in [0.05, 0.1) is 6.10 Å². The van der Waals surface area contributed by atoms with Gasteiger partial charge in [-0.1, -0.05) is 26.0 Å². The monoisotopic (exact) mass is 337 g/mol. The predicted molar refractivity (Wildman–Crippen MR) is 97.9 cm³/mol. The Morgan fingerprint density at radius 2 is 2.21 bits per heavy atom. The van der Waals surface area contributed by atoms with Crippen LogP contribution in [0.3, 0.4) is 0 Å². The minimum Gasteiger partial charge on any atom is -0.386 e. The first-order valence-corrected chi connectivity index (χ1v) is 9.35. The van der Waals surface area contributed by atoms with Gasteiger partial charge in [-0.2, -0.15) is 0 Å².